The molecule has 1 amide bonds. The van der Waals surface area contributed by atoms with E-state index in [4.69, 9.17) is 4.74 Å². The number of aryl methyl sites for hydroxylation is 1. The van der Waals surface area contributed by atoms with Crippen LogP contribution < -0.4 is 10.1 Å². The number of amides is 1. The van der Waals surface area contributed by atoms with Crippen molar-refractivity contribution in [1.29, 1.82) is 0 Å². The van der Waals surface area contributed by atoms with E-state index in [0.717, 1.165) is 17.8 Å². The van der Waals surface area contributed by atoms with E-state index in [1.54, 1.807) is 24.5 Å². The fourth-order valence-corrected chi connectivity index (χ4v) is 3.93. The summed E-state index contributed by atoms with van der Waals surface area (Å²) in [6.45, 7) is 2.13. The molecule has 0 aliphatic heterocycles. The van der Waals surface area contributed by atoms with Gasteiger partial charge in [0, 0.05) is 34.6 Å². The molecule has 136 valence electrons. The minimum atomic E-state index is -0.100. The SMILES string of the molecule is CCc1cc(-c2nnc(SCC(=O)Nc3cccc(OC)c3)n2C)cs1. The molecule has 0 unspecified atom stereocenters. The van der Waals surface area contributed by atoms with Gasteiger partial charge in [0.15, 0.2) is 11.0 Å². The predicted molar refractivity (Wildman–Crippen MR) is 106 cm³/mol. The van der Waals surface area contributed by atoms with E-state index < -0.39 is 0 Å². The summed E-state index contributed by atoms with van der Waals surface area (Å²) in [5.74, 6) is 1.68. The van der Waals surface area contributed by atoms with Crippen LogP contribution in [0.3, 0.4) is 0 Å². The molecule has 0 bridgehead atoms. The molecule has 2 heterocycles. The summed E-state index contributed by atoms with van der Waals surface area (Å²) in [7, 11) is 3.51. The Hall–Kier alpha value is -2.32. The van der Waals surface area contributed by atoms with Crippen LogP contribution in [0.1, 0.15) is 11.8 Å². The van der Waals surface area contributed by atoms with Gasteiger partial charge in [0.1, 0.15) is 5.75 Å². The number of hydrogen-bond donors (Lipinski definition) is 1. The van der Waals surface area contributed by atoms with Crippen molar-refractivity contribution in [2.24, 2.45) is 7.05 Å². The van der Waals surface area contributed by atoms with Crippen LogP contribution in [-0.4, -0.2) is 33.5 Å². The van der Waals surface area contributed by atoms with Gasteiger partial charge >= 0.3 is 0 Å². The number of carbonyl (C=O) groups excluding carboxylic acids is 1. The lowest BCUT2D eigenvalue weighted by atomic mass is 10.2. The topological polar surface area (TPSA) is 69.0 Å². The van der Waals surface area contributed by atoms with Crippen LogP contribution in [0.5, 0.6) is 5.75 Å². The Morgan fingerprint density at radius 2 is 2.19 bits per heavy atom. The summed E-state index contributed by atoms with van der Waals surface area (Å²) in [5.41, 5.74) is 1.77. The summed E-state index contributed by atoms with van der Waals surface area (Å²) < 4.78 is 7.08. The molecule has 26 heavy (non-hydrogen) atoms. The van der Waals surface area contributed by atoms with Crippen molar-refractivity contribution in [3.05, 3.63) is 40.6 Å². The first-order valence-corrected chi connectivity index (χ1v) is 10.0. The van der Waals surface area contributed by atoms with E-state index in [1.165, 1.54) is 16.6 Å². The number of rotatable bonds is 7. The van der Waals surface area contributed by atoms with E-state index in [2.05, 4.69) is 33.9 Å². The van der Waals surface area contributed by atoms with Crippen molar-refractivity contribution >= 4 is 34.7 Å². The summed E-state index contributed by atoms with van der Waals surface area (Å²) in [6.07, 6.45) is 1.01. The molecule has 0 atom stereocenters. The molecule has 3 aromatic rings. The Morgan fingerprint density at radius 1 is 1.35 bits per heavy atom. The van der Waals surface area contributed by atoms with Crippen LogP contribution in [0, 0.1) is 0 Å². The summed E-state index contributed by atoms with van der Waals surface area (Å²) in [6, 6.07) is 9.42. The average molecular weight is 389 g/mol. The van der Waals surface area contributed by atoms with Gasteiger partial charge in [-0.25, -0.2) is 0 Å². The fraction of sp³-hybridized carbons (Fsp3) is 0.278. The number of ether oxygens (including phenoxy) is 1. The predicted octanol–water partition coefficient (Wildman–Crippen LogP) is 3.85. The highest BCUT2D eigenvalue weighted by Crippen LogP contribution is 2.27. The third-order valence-electron chi connectivity index (χ3n) is 3.78. The zero-order chi connectivity index (χ0) is 18.5. The standard InChI is InChI=1S/C18H20N4O2S2/c1-4-15-8-12(10-25-15)17-20-21-18(22(17)2)26-11-16(23)19-13-6-5-7-14(9-13)24-3/h5-10H,4,11H2,1-3H3,(H,19,23). The number of thioether (sulfide) groups is 1. The Morgan fingerprint density at radius 3 is 2.92 bits per heavy atom. The van der Waals surface area contributed by atoms with Gasteiger partial charge in [-0.1, -0.05) is 24.8 Å². The largest absolute Gasteiger partial charge is 0.497 e. The van der Waals surface area contributed by atoms with Crippen molar-refractivity contribution < 1.29 is 9.53 Å². The number of nitrogens with one attached hydrogen (secondary N) is 1. The molecule has 6 nitrogen and oxygen atoms in total. The van der Waals surface area contributed by atoms with E-state index >= 15 is 0 Å². The van der Waals surface area contributed by atoms with Crippen molar-refractivity contribution in [2.45, 2.75) is 18.5 Å². The lowest BCUT2D eigenvalue weighted by Crippen LogP contribution is -2.14. The average Bonchev–Trinajstić information content (AvgIpc) is 3.26. The van der Waals surface area contributed by atoms with Gasteiger partial charge in [0.2, 0.25) is 5.91 Å². The van der Waals surface area contributed by atoms with Crippen LogP contribution in [0.4, 0.5) is 5.69 Å². The molecule has 1 N–H and O–H groups in total. The van der Waals surface area contributed by atoms with E-state index in [9.17, 15) is 4.79 Å². The number of thiophene rings is 1. The van der Waals surface area contributed by atoms with E-state index in [0.29, 0.717) is 16.6 Å². The molecule has 0 aliphatic rings. The summed E-state index contributed by atoms with van der Waals surface area (Å²) in [5, 5.41) is 14.1. The molecule has 0 radical (unpaired) electrons. The Bertz CT molecular complexity index is 904. The van der Waals surface area contributed by atoms with Gasteiger partial charge in [-0.2, -0.15) is 0 Å². The first-order valence-electron chi connectivity index (χ1n) is 8.14. The third-order valence-corrected chi connectivity index (χ3v) is 5.88. The second kappa shape index (κ2) is 8.37. The van der Waals surface area contributed by atoms with Gasteiger partial charge in [-0.3, -0.25) is 4.79 Å². The van der Waals surface area contributed by atoms with Crippen LogP contribution in [0.25, 0.3) is 11.4 Å². The maximum absolute atomic E-state index is 12.2. The second-order valence-electron chi connectivity index (χ2n) is 5.59. The highest BCUT2D eigenvalue weighted by Gasteiger charge is 2.14. The van der Waals surface area contributed by atoms with Crippen LogP contribution in [0.15, 0.2) is 40.9 Å². The van der Waals surface area contributed by atoms with Crippen LogP contribution in [0.2, 0.25) is 0 Å². The maximum Gasteiger partial charge on any atom is 0.234 e. The quantitative estimate of drug-likeness (QED) is 0.623. The van der Waals surface area contributed by atoms with Gasteiger partial charge < -0.3 is 14.6 Å². The van der Waals surface area contributed by atoms with Gasteiger partial charge in [-0.15, -0.1) is 21.5 Å². The monoisotopic (exact) mass is 388 g/mol. The number of carbonyl (C=O) groups is 1. The van der Waals surface area contributed by atoms with Crippen molar-refractivity contribution in [1.82, 2.24) is 14.8 Å². The van der Waals surface area contributed by atoms with E-state index in [-0.39, 0.29) is 11.7 Å². The molecule has 8 heteroatoms. The highest BCUT2D eigenvalue weighted by atomic mass is 32.2. The van der Waals surface area contributed by atoms with Gasteiger partial charge in [0.05, 0.1) is 12.9 Å². The smallest absolute Gasteiger partial charge is 0.234 e. The maximum atomic E-state index is 12.2. The van der Waals surface area contributed by atoms with Crippen LogP contribution in [-0.2, 0) is 18.3 Å². The van der Waals surface area contributed by atoms with Crippen LogP contribution >= 0.6 is 23.1 Å². The Kier molecular flexibility index (Phi) is 5.95. The van der Waals surface area contributed by atoms with Crippen molar-refractivity contribution in [3.63, 3.8) is 0 Å². The number of benzene rings is 1. The number of nitrogens with zero attached hydrogens (tertiary/aromatic N) is 3. The first-order chi connectivity index (χ1) is 12.6. The Labute approximate surface area is 160 Å². The number of hydrogen-bond acceptors (Lipinski definition) is 6. The Balaban J connectivity index is 1.61. The molecule has 0 aliphatic carbocycles. The molecule has 0 spiro atoms. The second-order valence-corrected chi connectivity index (χ2v) is 7.53. The first kappa shape index (κ1) is 18.5. The molecule has 0 saturated carbocycles. The normalized spacial score (nSPS) is 10.7. The molecular weight excluding hydrogens is 368 g/mol. The van der Waals surface area contributed by atoms with Gasteiger partial charge in [-0.05, 0) is 24.6 Å². The third kappa shape index (κ3) is 4.25. The number of methoxy groups -OCH3 is 1. The molecular formula is C18H20N4O2S2. The van der Waals surface area contributed by atoms with Crippen molar-refractivity contribution in [3.8, 4) is 17.1 Å². The number of anilines is 1. The summed E-state index contributed by atoms with van der Waals surface area (Å²) in [4.78, 5) is 13.5. The lowest BCUT2D eigenvalue weighted by Gasteiger charge is -2.07. The zero-order valence-electron chi connectivity index (χ0n) is 14.9. The molecule has 0 fully saturated rings. The zero-order valence-corrected chi connectivity index (χ0v) is 16.5. The molecule has 1 aromatic carbocycles. The minimum Gasteiger partial charge on any atom is -0.497 e. The number of aromatic nitrogens is 3. The fourth-order valence-electron chi connectivity index (χ4n) is 2.40. The summed E-state index contributed by atoms with van der Waals surface area (Å²) >= 11 is 3.08. The minimum absolute atomic E-state index is 0.100. The van der Waals surface area contributed by atoms with Gasteiger partial charge in [0.25, 0.3) is 0 Å². The highest BCUT2D eigenvalue weighted by molar-refractivity contribution is 7.99. The molecule has 2 aromatic heterocycles. The molecule has 3 rings (SSSR count). The van der Waals surface area contributed by atoms with E-state index in [1.807, 2.05) is 29.8 Å². The molecule has 0 saturated heterocycles. The lowest BCUT2D eigenvalue weighted by molar-refractivity contribution is -0.113. The van der Waals surface area contributed by atoms with Crippen molar-refractivity contribution in [2.75, 3.05) is 18.2 Å².